The number of primary amides is 1. The lowest BCUT2D eigenvalue weighted by molar-refractivity contribution is -0.211. The summed E-state index contributed by atoms with van der Waals surface area (Å²) in [6.45, 7) is -0.274. The zero-order valence-corrected chi connectivity index (χ0v) is 7.53. The molecule has 2 saturated heterocycles. The fourth-order valence-corrected chi connectivity index (χ4v) is 2.54. The highest BCUT2D eigenvalue weighted by molar-refractivity contribution is 5.84. The minimum Gasteiger partial charge on any atom is -0.393 e. The van der Waals surface area contributed by atoms with Crippen LogP contribution in [0.2, 0.25) is 0 Å². The van der Waals surface area contributed by atoms with Crippen LogP contribution < -0.4 is 5.73 Å². The van der Waals surface area contributed by atoms with E-state index in [1.54, 1.807) is 0 Å². The van der Waals surface area contributed by atoms with Gasteiger partial charge < -0.3 is 15.6 Å². The van der Waals surface area contributed by atoms with Crippen LogP contribution in [0.3, 0.4) is 0 Å². The van der Waals surface area contributed by atoms with Crippen LogP contribution in [0.5, 0.6) is 0 Å². The molecule has 1 saturated carbocycles. The Morgan fingerprint density at radius 1 is 1.46 bits per heavy atom. The summed E-state index contributed by atoms with van der Waals surface area (Å²) in [7, 11) is 0. The van der Waals surface area contributed by atoms with Crippen LogP contribution in [0, 0.1) is 5.92 Å². The molecule has 2 aliphatic heterocycles. The fourth-order valence-electron chi connectivity index (χ4n) is 2.54. The Bertz CT molecular complexity index is 223. The van der Waals surface area contributed by atoms with E-state index < -0.39 is 11.5 Å². The quantitative estimate of drug-likeness (QED) is 0.625. The Morgan fingerprint density at radius 2 is 2.08 bits per heavy atom. The lowest BCUT2D eigenvalue weighted by atomic mass is 9.72. The number of aliphatic hydroxyl groups is 1. The molecule has 4 nitrogen and oxygen atoms in total. The number of carbonyl (C=O) groups is 1. The van der Waals surface area contributed by atoms with Gasteiger partial charge in [-0.15, -0.1) is 0 Å². The predicted molar refractivity (Wildman–Crippen MR) is 45.8 cm³/mol. The molecule has 2 bridgehead atoms. The minimum atomic E-state index is -1.07. The van der Waals surface area contributed by atoms with Crippen molar-refractivity contribution in [2.24, 2.45) is 11.7 Å². The second-order valence-electron chi connectivity index (χ2n) is 4.00. The fraction of sp³-hybridized carbons (Fsp3) is 0.889. The van der Waals surface area contributed by atoms with E-state index in [-0.39, 0.29) is 18.6 Å². The van der Waals surface area contributed by atoms with E-state index in [9.17, 15) is 9.90 Å². The van der Waals surface area contributed by atoms with Gasteiger partial charge in [-0.2, -0.15) is 0 Å². The Hall–Kier alpha value is -0.610. The Labute approximate surface area is 77.1 Å². The van der Waals surface area contributed by atoms with E-state index in [4.69, 9.17) is 10.5 Å². The van der Waals surface area contributed by atoms with Gasteiger partial charge >= 0.3 is 0 Å². The lowest BCUT2D eigenvalue weighted by Crippen LogP contribution is -2.61. The Balaban J connectivity index is 2.25. The minimum absolute atomic E-state index is 0.125. The highest BCUT2D eigenvalue weighted by Gasteiger charge is 2.52. The van der Waals surface area contributed by atoms with Gasteiger partial charge in [0.15, 0.2) is 5.60 Å². The van der Waals surface area contributed by atoms with Crippen molar-refractivity contribution in [2.45, 2.75) is 37.4 Å². The molecular weight excluding hydrogens is 170 g/mol. The van der Waals surface area contributed by atoms with Gasteiger partial charge in [-0.1, -0.05) is 0 Å². The molecule has 1 aliphatic carbocycles. The standard InChI is InChI=1S/C9H15NO3/c10-8(12)9(5-11)6-1-3-7(13-9)4-2-6/h6-7,11H,1-5H2,(H2,10,12). The summed E-state index contributed by atoms with van der Waals surface area (Å²) in [6.07, 6.45) is 4.03. The van der Waals surface area contributed by atoms with Gasteiger partial charge in [0.2, 0.25) is 0 Å². The van der Waals surface area contributed by atoms with Crippen molar-refractivity contribution < 1.29 is 14.6 Å². The summed E-state index contributed by atoms with van der Waals surface area (Å²) in [6, 6.07) is 0. The maximum Gasteiger partial charge on any atom is 0.252 e. The molecule has 1 atom stereocenters. The maximum atomic E-state index is 11.2. The predicted octanol–water partition coefficient (Wildman–Crippen LogP) is -0.208. The van der Waals surface area contributed by atoms with Gasteiger partial charge in [-0.25, -0.2) is 0 Å². The molecule has 0 aromatic heterocycles. The second-order valence-corrected chi connectivity index (χ2v) is 4.00. The smallest absolute Gasteiger partial charge is 0.252 e. The number of amides is 1. The molecule has 74 valence electrons. The molecule has 3 N–H and O–H groups in total. The molecule has 3 aliphatic rings. The SMILES string of the molecule is NC(=O)C1(CO)OC2CCC1CC2. The van der Waals surface area contributed by atoms with E-state index in [0.717, 1.165) is 25.7 Å². The topological polar surface area (TPSA) is 72.6 Å². The summed E-state index contributed by atoms with van der Waals surface area (Å²) in [5, 5.41) is 9.21. The summed E-state index contributed by atoms with van der Waals surface area (Å²) in [4.78, 5) is 11.2. The van der Waals surface area contributed by atoms with E-state index in [1.165, 1.54) is 0 Å². The zero-order valence-electron chi connectivity index (χ0n) is 7.53. The summed E-state index contributed by atoms with van der Waals surface area (Å²) in [5.74, 6) is -0.385. The zero-order chi connectivity index (χ0) is 9.47. The van der Waals surface area contributed by atoms with Gasteiger partial charge in [-0.05, 0) is 31.6 Å². The average molecular weight is 185 g/mol. The van der Waals surface area contributed by atoms with Crippen LogP contribution in [0.25, 0.3) is 0 Å². The maximum absolute atomic E-state index is 11.2. The highest BCUT2D eigenvalue weighted by atomic mass is 16.5. The number of nitrogens with two attached hydrogens (primary N) is 1. The van der Waals surface area contributed by atoms with Crippen LogP contribution in [0.4, 0.5) is 0 Å². The molecule has 2 heterocycles. The van der Waals surface area contributed by atoms with E-state index >= 15 is 0 Å². The lowest BCUT2D eigenvalue weighted by Gasteiger charge is -2.48. The van der Waals surface area contributed by atoms with Crippen LogP contribution in [0.1, 0.15) is 25.7 Å². The molecule has 13 heavy (non-hydrogen) atoms. The number of aliphatic hydroxyl groups excluding tert-OH is 1. The molecular formula is C9H15NO3. The third-order valence-electron chi connectivity index (χ3n) is 3.36. The number of ether oxygens (including phenoxy) is 1. The van der Waals surface area contributed by atoms with Gasteiger partial charge in [0, 0.05) is 0 Å². The van der Waals surface area contributed by atoms with Crippen molar-refractivity contribution >= 4 is 5.91 Å². The summed E-state index contributed by atoms with van der Waals surface area (Å²) >= 11 is 0. The summed E-state index contributed by atoms with van der Waals surface area (Å²) < 4.78 is 5.56. The van der Waals surface area contributed by atoms with Crippen molar-refractivity contribution in [1.82, 2.24) is 0 Å². The molecule has 3 rings (SSSR count). The average Bonchev–Trinajstić information content (AvgIpc) is 2.19. The van der Waals surface area contributed by atoms with Crippen molar-refractivity contribution in [3.8, 4) is 0 Å². The summed E-state index contributed by atoms with van der Waals surface area (Å²) in [5.41, 5.74) is 4.21. The molecule has 0 radical (unpaired) electrons. The van der Waals surface area contributed by atoms with Gasteiger partial charge in [0.25, 0.3) is 5.91 Å². The van der Waals surface area contributed by atoms with Crippen LogP contribution in [-0.2, 0) is 9.53 Å². The van der Waals surface area contributed by atoms with Crippen molar-refractivity contribution in [1.29, 1.82) is 0 Å². The first-order valence-corrected chi connectivity index (χ1v) is 4.77. The van der Waals surface area contributed by atoms with Crippen molar-refractivity contribution in [2.75, 3.05) is 6.61 Å². The Morgan fingerprint density at radius 3 is 2.31 bits per heavy atom. The molecule has 0 aromatic carbocycles. The molecule has 0 spiro atoms. The van der Waals surface area contributed by atoms with Crippen LogP contribution >= 0.6 is 0 Å². The number of rotatable bonds is 2. The van der Waals surface area contributed by atoms with Gasteiger partial charge in [-0.3, -0.25) is 4.79 Å². The highest BCUT2D eigenvalue weighted by Crippen LogP contribution is 2.43. The number of carbonyl (C=O) groups excluding carboxylic acids is 1. The number of hydrogen-bond donors (Lipinski definition) is 2. The monoisotopic (exact) mass is 185 g/mol. The van der Waals surface area contributed by atoms with E-state index in [0.29, 0.717) is 0 Å². The number of hydrogen-bond acceptors (Lipinski definition) is 3. The number of fused-ring (bicyclic) bond motifs is 3. The van der Waals surface area contributed by atoms with E-state index in [2.05, 4.69) is 0 Å². The van der Waals surface area contributed by atoms with E-state index in [1.807, 2.05) is 0 Å². The first-order valence-electron chi connectivity index (χ1n) is 4.77. The first-order chi connectivity index (χ1) is 6.19. The van der Waals surface area contributed by atoms with Gasteiger partial charge in [0.1, 0.15) is 0 Å². The molecule has 0 aromatic rings. The van der Waals surface area contributed by atoms with Crippen LogP contribution in [0.15, 0.2) is 0 Å². The largest absolute Gasteiger partial charge is 0.393 e. The molecule has 1 unspecified atom stereocenters. The second kappa shape index (κ2) is 2.96. The molecule has 3 fully saturated rings. The van der Waals surface area contributed by atoms with Crippen molar-refractivity contribution in [3.05, 3.63) is 0 Å². The Kier molecular flexibility index (Phi) is 2.04. The third kappa shape index (κ3) is 1.16. The van der Waals surface area contributed by atoms with Crippen molar-refractivity contribution in [3.63, 3.8) is 0 Å². The molecule has 4 heteroatoms. The third-order valence-corrected chi connectivity index (χ3v) is 3.36. The first kappa shape index (κ1) is 8.97. The normalized spacial score (nSPS) is 43.5. The van der Waals surface area contributed by atoms with Gasteiger partial charge in [0.05, 0.1) is 12.7 Å². The molecule has 1 amide bonds. The van der Waals surface area contributed by atoms with Crippen LogP contribution in [-0.4, -0.2) is 29.3 Å².